The number of benzene rings is 4. The molecule has 9 heteroatoms. The Kier molecular flexibility index (Phi) is 13.1. The largest absolute Gasteiger partial charge is 0.490 e. The highest BCUT2D eigenvalue weighted by Crippen LogP contribution is 2.33. The van der Waals surface area contributed by atoms with E-state index < -0.39 is 6.10 Å². The summed E-state index contributed by atoms with van der Waals surface area (Å²) in [5, 5.41) is 11.2. The van der Waals surface area contributed by atoms with Crippen LogP contribution in [0.2, 0.25) is 0 Å². The third kappa shape index (κ3) is 8.55. The molecular formula is C49H66B2O7. The predicted octanol–water partition coefficient (Wildman–Crippen LogP) is 5.77. The Morgan fingerprint density at radius 1 is 0.397 bits per heavy atom. The second-order valence-electron chi connectivity index (χ2n) is 17.4. The zero-order valence-electron chi connectivity index (χ0n) is 38.3. The fourth-order valence-electron chi connectivity index (χ4n) is 8.79. The maximum absolute atomic E-state index is 11.2. The first-order chi connectivity index (χ1) is 27.3. The second kappa shape index (κ2) is 17.4. The highest BCUT2D eigenvalue weighted by atomic mass is 16.6. The first kappa shape index (κ1) is 43.7. The molecule has 2 unspecified atom stereocenters. The van der Waals surface area contributed by atoms with E-state index in [-0.39, 0.29) is 25.4 Å². The van der Waals surface area contributed by atoms with Gasteiger partial charge in [0.15, 0.2) is 14.6 Å². The van der Waals surface area contributed by atoms with Crippen LogP contribution in [-0.4, -0.2) is 77.6 Å². The zero-order chi connectivity index (χ0) is 42.5. The minimum atomic E-state index is -0.801. The molecule has 2 aliphatic rings. The number of epoxide rings is 2. The van der Waals surface area contributed by atoms with Gasteiger partial charge in [-0.25, -0.2) is 0 Å². The first-order valence-electron chi connectivity index (χ1n) is 21.1. The van der Waals surface area contributed by atoms with Crippen LogP contribution in [0.1, 0.15) is 89.0 Å². The lowest BCUT2D eigenvalue weighted by Gasteiger charge is -2.25. The molecule has 0 bridgehead atoms. The molecule has 0 spiro atoms. The van der Waals surface area contributed by atoms with Crippen molar-refractivity contribution in [1.29, 1.82) is 0 Å². The van der Waals surface area contributed by atoms with Crippen molar-refractivity contribution in [1.82, 2.24) is 0 Å². The number of aliphatic hydroxyl groups excluding tert-OH is 1. The summed E-state index contributed by atoms with van der Waals surface area (Å²) in [6, 6.07) is 0. The Hall–Kier alpha value is -3.91. The molecule has 58 heavy (non-hydrogen) atoms. The maximum Gasteiger partial charge on any atom is 0.193 e. The van der Waals surface area contributed by atoms with Gasteiger partial charge in [0.2, 0.25) is 0 Å². The molecule has 2 saturated heterocycles. The molecule has 2 aliphatic heterocycles. The van der Waals surface area contributed by atoms with Gasteiger partial charge in [0.1, 0.15) is 67.7 Å². The van der Waals surface area contributed by atoms with Crippen LogP contribution in [0.25, 0.3) is 0 Å². The topological polar surface area (TPSA) is 82.2 Å². The molecule has 0 amide bonds. The van der Waals surface area contributed by atoms with Crippen LogP contribution in [0.15, 0.2) is 0 Å². The molecule has 1 N–H and O–H groups in total. The Bertz CT molecular complexity index is 1980. The lowest BCUT2D eigenvalue weighted by atomic mass is 9.57. The minimum Gasteiger partial charge on any atom is -0.490 e. The van der Waals surface area contributed by atoms with Crippen LogP contribution in [0, 0.1) is 111 Å². The lowest BCUT2D eigenvalue weighted by Crippen LogP contribution is -2.37. The van der Waals surface area contributed by atoms with E-state index >= 15 is 0 Å². The summed E-state index contributed by atoms with van der Waals surface area (Å²) in [4.78, 5) is 0. The van der Waals surface area contributed by atoms with Crippen molar-refractivity contribution in [3.05, 3.63) is 89.0 Å². The van der Waals surface area contributed by atoms with Crippen molar-refractivity contribution < 1.29 is 33.5 Å². The highest BCUT2D eigenvalue weighted by molar-refractivity contribution is 6.70. The summed E-state index contributed by atoms with van der Waals surface area (Å²) < 4.78 is 36.2. The maximum atomic E-state index is 11.2. The van der Waals surface area contributed by atoms with E-state index in [0.29, 0.717) is 13.2 Å². The summed E-state index contributed by atoms with van der Waals surface area (Å²) in [7, 11) is 1.68. The predicted molar refractivity (Wildman–Crippen MR) is 242 cm³/mol. The molecule has 0 saturated carbocycles. The minimum absolute atomic E-state index is 0.142. The zero-order valence-corrected chi connectivity index (χ0v) is 38.3. The standard InChI is InChI=1S/C49H66B2O7/c1-23-31(9)46(32(10)24(2)42(23)50-44-27(5)35(13)48(36(14)28(44)6)57-21-40-19-53-40)55-17-39(52)18-56-47-33(11)25(3)43(26(4)34(47)12)51-45-29(7)37(15)49(38(16)30(45)8)58-22-41-20-54-41/h39-41,50-52H,17-22H2,1-16H3. The Morgan fingerprint density at radius 2 is 0.603 bits per heavy atom. The van der Waals surface area contributed by atoms with E-state index in [1.807, 2.05) is 0 Å². The summed E-state index contributed by atoms with van der Waals surface area (Å²) in [6.45, 7) is 37.9. The summed E-state index contributed by atoms with van der Waals surface area (Å²) >= 11 is 0. The average Bonchev–Trinajstić information content (AvgIpc) is 4.14. The van der Waals surface area contributed by atoms with E-state index in [1.54, 1.807) is 0 Å². The fraction of sp³-hybridized carbons (Fsp3) is 0.510. The molecule has 4 aromatic carbocycles. The summed E-state index contributed by atoms with van der Waals surface area (Å²) in [5.74, 6) is 3.68. The molecule has 0 aliphatic carbocycles. The lowest BCUT2D eigenvalue weighted by molar-refractivity contribution is 0.0616. The molecule has 2 heterocycles. The molecular weight excluding hydrogens is 722 g/mol. The molecule has 0 radical (unpaired) electrons. The molecule has 2 fully saturated rings. The Morgan fingerprint density at radius 3 is 0.810 bits per heavy atom. The molecule has 310 valence electrons. The Labute approximate surface area is 349 Å². The number of ether oxygens (including phenoxy) is 6. The van der Waals surface area contributed by atoms with Gasteiger partial charge in [0.25, 0.3) is 0 Å². The number of aliphatic hydroxyl groups is 1. The third-order valence-corrected chi connectivity index (χ3v) is 14.0. The van der Waals surface area contributed by atoms with Crippen molar-refractivity contribution in [2.24, 2.45) is 0 Å². The van der Waals surface area contributed by atoms with Crippen LogP contribution in [-0.2, 0) is 9.47 Å². The van der Waals surface area contributed by atoms with Gasteiger partial charge in [-0.15, -0.1) is 0 Å². The quantitative estimate of drug-likeness (QED) is 0.114. The van der Waals surface area contributed by atoms with E-state index in [4.69, 9.17) is 28.4 Å². The van der Waals surface area contributed by atoms with E-state index in [0.717, 1.165) is 73.0 Å². The van der Waals surface area contributed by atoms with Crippen LogP contribution in [0.3, 0.4) is 0 Å². The molecule has 2 atom stereocenters. The van der Waals surface area contributed by atoms with Crippen molar-refractivity contribution in [2.45, 2.75) is 129 Å². The fourth-order valence-corrected chi connectivity index (χ4v) is 8.79. The monoisotopic (exact) mass is 788 g/mol. The number of hydrogen-bond donors (Lipinski definition) is 1. The third-order valence-electron chi connectivity index (χ3n) is 14.0. The molecule has 7 nitrogen and oxygen atoms in total. The van der Waals surface area contributed by atoms with Gasteiger partial charge in [-0.1, -0.05) is 21.9 Å². The normalized spacial score (nSPS) is 16.3. The van der Waals surface area contributed by atoms with Crippen LogP contribution >= 0.6 is 0 Å². The van der Waals surface area contributed by atoms with Gasteiger partial charge in [0, 0.05) is 0 Å². The molecule has 6 rings (SSSR count). The smallest absolute Gasteiger partial charge is 0.193 e. The van der Waals surface area contributed by atoms with Gasteiger partial charge < -0.3 is 33.5 Å². The van der Waals surface area contributed by atoms with Gasteiger partial charge in [-0.3, -0.25) is 0 Å². The number of rotatable bonds is 16. The van der Waals surface area contributed by atoms with Gasteiger partial charge in [0.05, 0.1) is 13.2 Å². The summed E-state index contributed by atoms with van der Waals surface area (Å²) in [6.07, 6.45) is -0.353. The van der Waals surface area contributed by atoms with Crippen molar-refractivity contribution in [3.8, 4) is 23.0 Å². The van der Waals surface area contributed by atoms with Gasteiger partial charge >= 0.3 is 0 Å². The second-order valence-corrected chi connectivity index (χ2v) is 17.4. The van der Waals surface area contributed by atoms with Crippen LogP contribution in [0.5, 0.6) is 23.0 Å². The van der Waals surface area contributed by atoms with Crippen molar-refractivity contribution in [3.63, 3.8) is 0 Å². The highest BCUT2D eigenvalue weighted by Gasteiger charge is 2.28. The number of hydrogen-bond acceptors (Lipinski definition) is 7. The Balaban J connectivity index is 1.14. The van der Waals surface area contributed by atoms with Crippen LogP contribution in [0.4, 0.5) is 0 Å². The van der Waals surface area contributed by atoms with E-state index in [9.17, 15) is 5.11 Å². The van der Waals surface area contributed by atoms with Crippen molar-refractivity contribution in [2.75, 3.05) is 39.6 Å². The average molecular weight is 789 g/mol. The van der Waals surface area contributed by atoms with E-state index in [1.165, 1.54) is 88.6 Å². The van der Waals surface area contributed by atoms with Crippen LogP contribution < -0.4 is 40.8 Å². The van der Waals surface area contributed by atoms with Crippen molar-refractivity contribution >= 4 is 36.4 Å². The molecule has 4 aromatic rings. The van der Waals surface area contributed by atoms with E-state index in [2.05, 4.69) is 111 Å². The first-order valence-corrected chi connectivity index (χ1v) is 21.1. The summed E-state index contributed by atoms with van der Waals surface area (Å²) in [5.41, 5.74) is 24.7. The molecule has 0 aromatic heterocycles. The van der Waals surface area contributed by atoms with Gasteiger partial charge in [-0.05, 0) is 200 Å². The SMILES string of the molecule is Cc1c(C)c(OCC(O)COc2c(C)c(C)c(Bc3c(C)c(C)c(OCC4CO4)c(C)c3C)c(C)c2C)c(C)c(C)c1Bc1c(C)c(C)c(OCC2CO2)c(C)c1C. The van der Waals surface area contributed by atoms with Gasteiger partial charge in [-0.2, -0.15) is 0 Å².